The third-order valence-corrected chi connectivity index (χ3v) is 1.52. The molecule has 0 saturated carbocycles. The number of halogens is 1. The molecule has 0 aromatic rings. The summed E-state index contributed by atoms with van der Waals surface area (Å²) in [6, 6.07) is 0.0168. The Morgan fingerprint density at radius 1 is 1.36 bits per heavy atom. The van der Waals surface area contributed by atoms with Crippen molar-refractivity contribution in [1.29, 1.82) is 0 Å². The van der Waals surface area contributed by atoms with Gasteiger partial charge in [0.2, 0.25) is 5.91 Å². The maximum absolute atomic E-state index is 10.9. The Labute approximate surface area is 71.1 Å². The van der Waals surface area contributed by atoms with E-state index >= 15 is 0 Å². The number of carbonyl (C=O) groups excluding carboxylic acids is 2. The van der Waals surface area contributed by atoms with Gasteiger partial charge in [-0.2, -0.15) is 0 Å². The van der Waals surface area contributed by atoms with Crippen molar-refractivity contribution in [3.05, 3.63) is 0 Å². The molecule has 0 aliphatic rings. The Hall–Kier alpha value is -0.570. The summed E-state index contributed by atoms with van der Waals surface area (Å²) in [4.78, 5) is 21.5. The predicted molar refractivity (Wildman–Crippen MR) is 43.6 cm³/mol. The molecule has 0 aromatic carbocycles. The second-order valence-corrected chi connectivity index (χ2v) is 3.07. The van der Waals surface area contributed by atoms with Crippen LogP contribution in [-0.2, 0) is 9.59 Å². The lowest BCUT2D eigenvalue weighted by Gasteiger charge is -2.09. The molecule has 1 unspecified atom stereocenters. The molecule has 1 atom stereocenters. The van der Waals surface area contributed by atoms with E-state index in [9.17, 15) is 9.59 Å². The average Bonchev–Trinajstić information content (AvgIpc) is 1.84. The minimum Gasteiger partial charge on any atom is -0.352 e. The van der Waals surface area contributed by atoms with E-state index in [1.165, 1.54) is 6.92 Å². The summed E-state index contributed by atoms with van der Waals surface area (Å²) in [5, 5.41) is 1.49. The van der Waals surface area contributed by atoms with Crippen molar-refractivity contribution >= 4 is 23.3 Å². The molecule has 4 heteroatoms. The fraction of sp³-hybridized carbons (Fsp3) is 0.714. The maximum atomic E-state index is 10.9. The Morgan fingerprint density at radius 3 is 2.09 bits per heavy atom. The van der Waals surface area contributed by atoms with E-state index in [-0.39, 0.29) is 11.8 Å². The van der Waals surface area contributed by atoms with Crippen LogP contribution in [0.15, 0.2) is 0 Å². The monoisotopic (exact) mass is 177 g/mol. The number of nitrogens with one attached hydrogen (secondary N) is 1. The second kappa shape index (κ2) is 4.34. The zero-order valence-electron chi connectivity index (χ0n) is 6.85. The molecule has 0 rings (SSSR count). The van der Waals surface area contributed by atoms with Crippen molar-refractivity contribution in [2.45, 2.75) is 32.2 Å². The zero-order chi connectivity index (χ0) is 9.02. The number of hydrogen-bond donors (Lipinski definition) is 1. The summed E-state index contributed by atoms with van der Waals surface area (Å²) in [6.45, 7) is 4.90. The van der Waals surface area contributed by atoms with E-state index in [0.717, 1.165) is 0 Å². The molecule has 1 N–H and O–H groups in total. The molecule has 0 saturated heterocycles. The van der Waals surface area contributed by atoms with Crippen LogP contribution >= 0.6 is 11.6 Å². The first-order valence-corrected chi connectivity index (χ1v) is 3.83. The average molecular weight is 178 g/mol. The van der Waals surface area contributed by atoms with Crippen LogP contribution in [0.2, 0.25) is 0 Å². The first-order chi connectivity index (χ1) is 4.95. The van der Waals surface area contributed by atoms with Gasteiger partial charge in [-0.15, -0.1) is 11.6 Å². The molecule has 1 amide bonds. The molecular weight excluding hydrogens is 166 g/mol. The van der Waals surface area contributed by atoms with Crippen LogP contribution in [0.3, 0.4) is 0 Å². The van der Waals surface area contributed by atoms with Gasteiger partial charge in [-0.25, -0.2) is 0 Å². The topological polar surface area (TPSA) is 46.2 Å². The number of amides is 1. The normalized spacial score (nSPS) is 12.8. The highest BCUT2D eigenvalue weighted by molar-refractivity contribution is 6.41. The van der Waals surface area contributed by atoms with Crippen LogP contribution in [0.5, 0.6) is 0 Å². The third-order valence-electron chi connectivity index (χ3n) is 1.02. The molecule has 3 nitrogen and oxygen atoms in total. The first kappa shape index (κ1) is 10.4. The summed E-state index contributed by atoms with van der Waals surface area (Å²) in [7, 11) is 0. The number of rotatable bonds is 3. The maximum Gasteiger partial charge on any atom is 0.245 e. The summed E-state index contributed by atoms with van der Waals surface area (Å²) in [6.07, 6.45) is 0. The van der Waals surface area contributed by atoms with Gasteiger partial charge < -0.3 is 5.32 Å². The summed E-state index contributed by atoms with van der Waals surface area (Å²) >= 11 is 5.45. The molecule has 0 radical (unpaired) electrons. The summed E-state index contributed by atoms with van der Waals surface area (Å²) in [5.41, 5.74) is 0. The lowest BCUT2D eigenvalue weighted by atomic mass is 10.2. The molecule has 0 aromatic heterocycles. The molecule has 64 valence electrons. The lowest BCUT2D eigenvalue weighted by molar-refractivity contribution is -0.126. The zero-order valence-corrected chi connectivity index (χ0v) is 7.61. The second-order valence-electron chi connectivity index (χ2n) is 2.64. The van der Waals surface area contributed by atoms with E-state index in [0.29, 0.717) is 0 Å². The van der Waals surface area contributed by atoms with Crippen LogP contribution in [0.1, 0.15) is 20.8 Å². The highest BCUT2D eigenvalue weighted by Gasteiger charge is 2.19. The summed E-state index contributed by atoms with van der Waals surface area (Å²) in [5.74, 6) is -0.751. The SMILES string of the molecule is CC(=O)C(Cl)C(=O)NC(C)C. The molecule has 11 heavy (non-hydrogen) atoms. The molecule has 0 fully saturated rings. The third kappa shape index (κ3) is 3.98. The van der Waals surface area contributed by atoms with E-state index in [1.807, 2.05) is 13.8 Å². The predicted octanol–water partition coefficient (Wildman–Crippen LogP) is 0.707. The van der Waals surface area contributed by atoms with Crippen molar-refractivity contribution < 1.29 is 9.59 Å². The van der Waals surface area contributed by atoms with Gasteiger partial charge >= 0.3 is 0 Å². The lowest BCUT2D eigenvalue weighted by Crippen LogP contribution is -2.39. The van der Waals surface area contributed by atoms with Gasteiger partial charge in [0, 0.05) is 6.04 Å². The molecular formula is C7H12ClNO2. The van der Waals surface area contributed by atoms with Gasteiger partial charge in [0.15, 0.2) is 11.2 Å². The fourth-order valence-corrected chi connectivity index (χ4v) is 0.605. The van der Waals surface area contributed by atoms with E-state index in [4.69, 9.17) is 11.6 Å². The van der Waals surface area contributed by atoms with Crippen LogP contribution in [-0.4, -0.2) is 23.1 Å². The van der Waals surface area contributed by atoms with Crippen molar-refractivity contribution in [2.75, 3.05) is 0 Å². The van der Waals surface area contributed by atoms with E-state index in [1.54, 1.807) is 0 Å². The number of alkyl halides is 1. The highest BCUT2D eigenvalue weighted by atomic mass is 35.5. The molecule has 0 spiro atoms. The van der Waals surface area contributed by atoms with Gasteiger partial charge in [0.1, 0.15) is 0 Å². The van der Waals surface area contributed by atoms with E-state index < -0.39 is 11.3 Å². The fourth-order valence-electron chi connectivity index (χ4n) is 0.542. The van der Waals surface area contributed by atoms with Gasteiger partial charge in [0.05, 0.1) is 0 Å². The van der Waals surface area contributed by atoms with Crippen LogP contribution in [0.4, 0.5) is 0 Å². The minimum absolute atomic E-state index is 0.0168. The van der Waals surface area contributed by atoms with Crippen LogP contribution < -0.4 is 5.32 Å². The van der Waals surface area contributed by atoms with Crippen LogP contribution in [0, 0.1) is 0 Å². The minimum atomic E-state index is -1.04. The van der Waals surface area contributed by atoms with Gasteiger partial charge in [-0.1, -0.05) is 0 Å². The Balaban J connectivity index is 3.93. The Morgan fingerprint density at radius 2 is 1.82 bits per heavy atom. The molecule has 0 heterocycles. The standard InChI is InChI=1S/C7H12ClNO2/c1-4(2)9-7(11)6(8)5(3)10/h4,6H,1-3H3,(H,9,11). The smallest absolute Gasteiger partial charge is 0.245 e. The van der Waals surface area contributed by atoms with Crippen molar-refractivity contribution in [3.63, 3.8) is 0 Å². The Kier molecular flexibility index (Phi) is 4.11. The number of hydrogen-bond acceptors (Lipinski definition) is 2. The largest absolute Gasteiger partial charge is 0.352 e. The number of carbonyl (C=O) groups is 2. The molecule has 0 aliphatic heterocycles. The quantitative estimate of drug-likeness (QED) is 0.510. The van der Waals surface area contributed by atoms with Crippen LogP contribution in [0.25, 0.3) is 0 Å². The number of ketones is 1. The van der Waals surface area contributed by atoms with Crippen molar-refractivity contribution in [2.24, 2.45) is 0 Å². The summed E-state index contributed by atoms with van der Waals surface area (Å²) < 4.78 is 0. The molecule has 0 aliphatic carbocycles. The number of Topliss-reactive ketones (excluding diaryl/α,β-unsaturated/α-hetero) is 1. The van der Waals surface area contributed by atoms with Gasteiger partial charge in [0.25, 0.3) is 0 Å². The highest BCUT2D eigenvalue weighted by Crippen LogP contribution is 1.97. The molecule has 0 bridgehead atoms. The van der Waals surface area contributed by atoms with Gasteiger partial charge in [-0.3, -0.25) is 9.59 Å². The first-order valence-electron chi connectivity index (χ1n) is 3.40. The van der Waals surface area contributed by atoms with E-state index in [2.05, 4.69) is 5.32 Å². The van der Waals surface area contributed by atoms with Crippen molar-refractivity contribution in [3.8, 4) is 0 Å². The van der Waals surface area contributed by atoms with Crippen molar-refractivity contribution in [1.82, 2.24) is 5.32 Å². The van der Waals surface area contributed by atoms with Gasteiger partial charge in [-0.05, 0) is 20.8 Å². The Bertz CT molecular complexity index is 168.